The summed E-state index contributed by atoms with van der Waals surface area (Å²) in [5.41, 5.74) is 4.37. The van der Waals surface area contributed by atoms with E-state index < -0.39 is 0 Å². The number of methoxy groups -OCH3 is 2. The normalized spacial score (nSPS) is 16.7. The van der Waals surface area contributed by atoms with Crippen LogP contribution in [-0.2, 0) is 17.6 Å². The number of hydrogen-bond acceptors (Lipinski definition) is 7. The van der Waals surface area contributed by atoms with Gasteiger partial charge >= 0.3 is 0 Å². The molecular weight excluding hydrogens is 518 g/mol. The first-order chi connectivity index (χ1) is 19.7. The van der Waals surface area contributed by atoms with Gasteiger partial charge in [0.15, 0.2) is 11.5 Å². The van der Waals surface area contributed by atoms with Gasteiger partial charge < -0.3 is 19.3 Å². The summed E-state index contributed by atoms with van der Waals surface area (Å²) in [6.07, 6.45) is 1.42. The molecule has 0 radical (unpaired) electrons. The van der Waals surface area contributed by atoms with E-state index in [9.17, 15) is 14.4 Å². The van der Waals surface area contributed by atoms with Gasteiger partial charge in [0.05, 0.1) is 20.8 Å². The molecule has 1 atom stereocenters. The summed E-state index contributed by atoms with van der Waals surface area (Å²) in [5, 5.41) is 0. The first kappa shape index (κ1) is 28.1. The number of nitrogens with zero attached hydrogens (tertiary/aromatic N) is 3. The minimum Gasteiger partial charge on any atom is -0.493 e. The number of rotatable bonds is 8. The van der Waals surface area contributed by atoms with Gasteiger partial charge in [0.1, 0.15) is 11.4 Å². The van der Waals surface area contributed by atoms with E-state index in [-0.39, 0.29) is 41.5 Å². The van der Waals surface area contributed by atoms with Crippen molar-refractivity contribution in [3.8, 4) is 11.5 Å². The molecule has 41 heavy (non-hydrogen) atoms. The summed E-state index contributed by atoms with van der Waals surface area (Å²) in [6.45, 7) is 0.726. The van der Waals surface area contributed by atoms with Crippen molar-refractivity contribution < 1.29 is 23.9 Å². The van der Waals surface area contributed by atoms with Gasteiger partial charge in [0, 0.05) is 44.9 Å². The molecule has 0 N–H and O–H groups in total. The summed E-state index contributed by atoms with van der Waals surface area (Å²) < 4.78 is 11.2. The van der Waals surface area contributed by atoms with Crippen molar-refractivity contribution in [2.45, 2.75) is 18.9 Å². The number of carbonyl (C=O) groups excluding carboxylic acids is 3. The highest BCUT2D eigenvalue weighted by atomic mass is 16.5. The van der Waals surface area contributed by atoms with Gasteiger partial charge in [-0.05, 0) is 41.7 Å². The Morgan fingerprint density at radius 3 is 2.05 bits per heavy atom. The molecule has 0 saturated heterocycles. The Morgan fingerprint density at radius 1 is 0.854 bits per heavy atom. The van der Waals surface area contributed by atoms with Crippen molar-refractivity contribution in [2.75, 3.05) is 48.5 Å². The average Bonchev–Trinajstić information content (AvgIpc) is 2.99. The monoisotopic (exact) mass is 553 g/mol. The van der Waals surface area contributed by atoms with Crippen LogP contribution in [0.25, 0.3) is 0 Å². The Kier molecular flexibility index (Phi) is 7.94. The van der Waals surface area contributed by atoms with E-state index in [0.717, 1.165) is 23.1 Å². The van der Waals surface area contributed by atoms with Crippen molar-refractivity contribution in [1.82, 2.24) is 14.7 Å². The maximum atomic E-state index is 13.9. The third-order valence-corrected chi connectivity index (χ3v) is 7.95. The standard InChI is InChI=1S/C33H35N3O5/c1-34(2)30-31(33(39)24-14-10-9-13-23(24)32(30)38)35(3)29(37)20-36-16-15-22-18-27(40-4)28(41-5)19-25(22)26(36)17-21-11-7-6-8-12-21/h6-14,18-19,26H,15-17,20H2,1-5H3. The van der Waals surface area contributed by atoms with E-state index in [0.29, 0.717) is 35.6 Å². The quantitative estimate of drug-likeness (QED) is 0.415. The van der Waals surface area contributed by atoms with Gasteiger partial charge in [0.2, 0.25) is 17.5 Å². The molecule has 0 aromatic heterocycles. The average molecular weight is 554 g/mol. The van der Waals surface area contributed by atoms with Gasteiger partial charge in [0.25, 0.3) is 0 Å². The molecule has 1 unspecified atom stereocenters. The lowest BCUT2D eigenvalue weighted by atomic mass is 9.88. The number of fused-ring (bicyclic) bond motifs is 2. The zero-order valence-electron chi connectivity index (χ0n) is 24.1. The van der Waals surface area contributed by atoms with E-state index in [4.69, 9.17) is 9.47 Å². The van der Waals surface area contributed by atoms with Gasteiger partial charge in [-0.15, -0.1) is 0 Å². The third-order valence-electron chi connectivity index (χ3n) is 7.95. The highest BCUT2D eigenvalue weighted by Gasteiger charge is 2.38. The molecule has 1 amide bonds. The van der Waals surface area contributed by atoms with Crippen molar-refractivity contribution in [1.29, 1.82) is 0 Å². The lowest BCUT2D eigenvalue weighted by molar-refractivity contribution is -0.130. The molecule has 3 aromatic carbocycles. The first-order valence-electron chi connectivity index (χ1n) is 13.6. The predicted molar refractivity (Wildman–Crippen MR) is 156 cm³/mol. The fourth-order valence-electron chi connectivity index (χ4n) is 5.83. The van der Waals surface area contributed by atoms with Crippen LogP contribution >= 0.6 is 0 Å². The SMILES string of the molecule is COc1cc2c(cc1OC)C(Cc1ccccc1)N(CC(=O)N(C)C1=C(N(C)C)C(=O)c3ccccc3C1=O)CC2. The van der Waals surface area contributed by atoms with E-state index >= 15 is 0 Å². The molecule has 212 valence electrons. The number of likely N-dealkylation sites (N-methyl/N-ethyl adjacent to an activating group) is 2. The van der Waals surface area contributed by atoms with Crippen LogP contribution in [0.4, 0.5) is 0 Å². The number of allylic oxidation sites excluding steroid dienone is 2. The Balaban J connectivity index is 1.49. The molecule has 1 heterocycles. The van der Waals surface area contributed by atoms with Gasteiger partial charge in [-0.25, -0.2) is 0 Å². The molecule has 3 aromatic rings. The smallest absolute Gasteiger partial charge is 0.241 e. The number of benzene rings is 3. The predicted octanol–water partition coefficient (Wildman–Crippen LogP) is 4.16. The fraction of sp³-hybridized carbons (Fsp3) is 0.303. The van der Waals surface area contributed by atoms with Crippen LogP contribution in [0.15, 0.2) is 78.1 Å². The summed E-state index contributed by atoms with van der Waals surface area (Å²) in [7, 11) is 8.25. The molecule has 8 nitrogen and oxygen atoms in total. The molecule has 1 aliphatic heterocycles. The maximum Gasteiger partial charge on any atom is 0.241 e. The van der Waals surface area contributed by atoms with Crippen LogP contribution < -0.4 is 9.47 Å². The zero-order valence-corrected chi connectivity index (χ0v) is 24.1. The van der Waals surface area contributed by atoms with Crippen molar-refractivity contribution >= 4 is 17.5 Å². The zero-order chi connectivity index (χ0) is 29.3. The molecule has 2 aliphatic rings. The van der Waals surface area contributed by atoms with Crippen LogP contribution in [0.3, 0.4) is 0 Å². The fourth-order valence-corrected chi connectivity index (χ4v) is 5.83. The Morgan fingerprint density at radius 2 is 1.44 bits per heavy atom. The van der Waals surface area contributed by atoms with E-state index in [1.807, 2.05) is 30.3 Å². The lowest BCUT2D eigenvalue weighted by Crippen LogP contribution is -2.46. The second-order valence-corrected chi connectivity index (χ2v) is 10.6. The van der Waals surface area contributed by atoms with Crippen LogP contribution in [0.1, 0.15) is 43.4 Å². The highest BCUT2D eigenvalue weighted by molar-refractivity contribution is 6.27. The molecule has 0 fully saturated rings. The van der Waals surface area contributed by atoms with Crippen LogP contribution in [0.2, 0.25) is 0 Å². The second kappa shape index (κ2) is 11.6. The Hall–Kier alpha value is -4.43. The second-order valence-electron chi connectivity index (χ2n) is 10.6. The van der Waals surface area contributed by atoms with Crippen LogP contribution in [-0.4, -0.2) is 80.6 Å². The largest absolute Gasteiger partial charge is 0.493 e. The molecule has 1 aliphatic carbocycles. The topological polar surface area (TPSA) is 79.4 Å². The number of Topliss-reactive ketones (excluding diaryl/α,β-unsaturated/α-hetero) is 2. The lowest BCUT2D eigenvalue weighted by Gasteiger charge is -2.38. The molecule has 0 bridgehead atoms. The summed E-state index contributed by atoms with van der Waals surface area (Å²) in [6, 6.07) is 20.9. The number of amides is 1. The highest BCUT2D eigenvalue weighted by Crippen LogP contribution is 2.39. The molecule has 5 rings (SSSR count). The third kappa shape index (κ3) is 5.23. The Labute approximate surface area is 240 Å². The minimum absolute atomic E-state index is 0.0785. The minimum atomic E-state index is -0.332. The number of ketones is 2. The van der Waals surface area contributed by atoms with E-state index in [1.54, 1.807) is 64.5 Å². The van der Waals surface area contributed by atoms with Crippen molar-refractivity contribution in [2.24, 2.45) is 0 Å². The molecule has 8 heteroatoms. The van der Waals surface area contributed by atoms with Crippen molar-refractivity contribution in [3.63, 3.8) is 0 Å². The maximum absolute atomic E-state index is 13.9. The number of carbonyl (C=O) groups is 3. The molecule has 0 spiro atoms. The number of ether oxygens (including phenoxy) is 2. The molecule has 0 saturated carbocycles. The molecular formula is C33H35N3O5. The summed E-state index contributed by atoms with van der Waals surface area (Å²) in [5.74, 6) is 0.455. The Bertz CT molecular complexity index is 1530. The van der Waals surface area contributed by atoms with Crippen LogP contribution in [0, 0.1) is 0 Å². The van der Waals surface area contributed by atoms with E-state index in [2.05, 4.69) is 17.0 Å². The van der Waals surface area contributed by atoms with Crippen molar-refractivity contribution in [3.05, 3.63) is 106 Å². The number of hydrogen-bond donors (Lipinski definition) is 0. The first-order valence-corrected chi connectivity index (χ1v) is 13.6. The van der Waals surface area contributed by atoms with Crippen LogP contribution in [0.5, 0.6) is 11.5 Å². The van der Waals surface area contributed by atoms with Gasteiger partial charge in [-0.2, -0.15) is 0 Å². The van der Waals surface area contributed by atoms with Gasteiger partial charge in [-0.1, -0.05) is 54.6 Å². The van der Waals surface area contributed by atoms with E-state index in [1.165, 1.54) is 4.90 Å². The summed E-state index contributed by atoms with van der Waals surface area (Å²) >= 11 is 0. The summed E-state index contributed by atoms with van der Waals surface area (Å²) in [4.78, 5) is 46.1. The van der Waals surface area contributed by atoms with Gasteiger partial charge in [-0.3, -0.25) is 19.3 Å².